The molecule has 0 unspecified atom stereocenters. The monoisotopic (exact) mass is 372 g/mol. The standard InChI is InChI=1S/C23H20N2O3/c24-16-18(14-17-6-2-1-3-7-17)22(27)25-12-10-23(11-13-25)15-20(26)19-8-4-5-9-21(19)28-23/h1-9,14H,10-13,15H2/b18-14+. The van der Waals surface area contributed by atoms with E-state index < -0.39 is 5.60 Å². The van der Waals surface area contributed by atoms with Crippen LogP contribution in [0.3, 0.4) is 0 Å². The molecule has 2 aliphatic heterocycles. The van der Waals surface area contributed by atoms with Gasteiger partial charge in [0.15, 0.2) is 5.78 Å². The molecule has 1 spiro atoms. The SMILES string of the molecule is N#C/C(=C\c1ccccc1)C(=O)N1CCC2(CC1)CC(=O)c1ccccc1O2. The first-order valence-corrected chi connectivity index (χ1v) is 9.38. The lowest BCUT2D eigenvalue weighted by atomic mass is 9.82. The van der Waals surface area contributed by atoms with Crippen molar-refractivity contribution in [3.8, 4) is 11.8 Å². The van der Waals surface area contributed by atoms with Gasteiger partial charge in [-0.1, -0.05) is 42.5 Å². The van der Waals surface area contributed by atoms with Crippen molar-refractivity contribution in [3.63, 3.8) is 0 Å². The predicted molar refractivity (Wildman–Crippen MR) is 105 cm³/mol. The van der Waals surface area contributed by atoms with Crippen molar-refractivity contribution in [1.82, 2.24) is 4.90 Å². The normalized spacial score (nSPS) is 18.2. The van der Waals surface area contributed by atoms with E-state index in [0.717, 1.165) is 5.56 Å². The molecule has 0 saturated carbocycles. The molecule has 5 nitrogen and oxygen atoms in total. The number of hydrogen-bond donors (Lipinski definition) is 0. The highest BCUT2D eigenvalue weighted by Crippen LogP contribution is 2.39. The molecule has 0 atom stereocenters. The number of nitrogens with zero attached hydrogens (tertiary/aromatic N) is 2. The number of piperidine rings is 1. The van der Waals surface area contributed by atoms with Gasteiger partial charge in [0.1, 0.15) is 23.0 Å². The number of fused-ring (bicyclic) bond motifs is 1. The summed E-state index contributed by atoms with van der Waals surface area (Å²) in [5.74, 6) is 0.437. The van der Waals surface area contributed by atoms with Crippen LogP contribution in [0.5, 0.6) is 5.75 Å². The number of para-hydroxylation sites is 1. The molecule has 2 aromatic carbocycles. The van der Waals surface area contributed by atoms with Crippen molar-refractivity contribution in [2.24, 2.45) is 0 Å². The third-order valence-corrected chi connectivity index (χ3v) is 5.42. The largest absolute Gasteiger partial charge is 0.486 e. The molecule has 1 saturated heterocycles. The first kappa shape index (κ1) is 18.0. The molecule has 2 heterocycles. The third kappa shape index (κ3) is 3.41. The lowest BCUT2D eigenvalue weighted by molar-refractivity contribution is -0.130. The number of amides is 1. The highest BCUT2D eigenvalue weighted by molar-refractivity contribution is 6.02. The fourth-order valence-corrected chi connectivity index (χ4v) is 3.87. The molecule has 5 heteroatoms. The summed E-state index contributed by atoms with van der Waals surface area (Å²) in [6, 6.07) is 18.7. The van der Waals surface area contributed by atoms with Gasteiger partial charge in [0.2, 0.25) is 0 Å². The van der Waals surface area contributed by atoms with Crippen LogP contribution in [0, 0.1) is 11.3 Å². The molecule has 2 aliphatic rings. The average molecular weight is 372 g/mol. The van der Waals surface area contributed by atoms with E-state index in [2.05, 4.69) is 0 Å². The number of rotatable bonds is 2. The number of likely N-dealkylation sites (tertiary alicyclic amines) is 1. The Bertz CT molecular complexity index is 980. The first-order chi connectivity index (χ1) is 13.6. The number of ketones is 1. The zero-order valence-electron chi connectivity index (χ0n) is 15.4. The average Bonchev–Trinajstić information content (AvgIpc) is 2.73. The third-order valence-electron chi connectivity index (χ3n) is 5.42. The molecule has 0 N–H and O–H groups in total. The molecule has 2 aromatic rings. The van der Waals surface area contributed by atoms with E-state index in [-0.39, 0.29) is 17.3 Å². The molecule has 0 radical (unpaired) electrons. The number of Topliss-reactive ketones (excluding diaryl/α,β-unsaturated/α-hetero) is 1. The molecule has 0 bridgehead atoms. The highest BCUT2D eigenvalue weighted by atomic mass is 16.5. The van der Waals surface area contributed by atoms with Crippen LogP contribution in [-0.4, -0.2) is 35.3 Å². The van der Waals surface area contributed by atoms with Crippen molar-refractivity contribution in [2.45, 2.75) is 24.9 Å². The van der Waals surface area contributed by atoms with E-state index in [9.17, 15) is 14.9 Å². The molecule has 28 heavy (non-hydrogen) atoms. The van der Waals surface area contributed by atoms with Gasteiger partial charge in [-0.15, -0.1) is 0 Å². The zero-order chi connectivity index (χ0) is 19.6. The Kier molecular flexibility index (Phi) is 4.70. The molecule has 1 fully saturated rings. The maximum Gasteiger partial charge on any atom is 0.264 e. The Hall–Kier alpha value is -3.39. The minimum atomic E-state index is -0.557. The van der Waals surface area contributed by atoms with Gasteiger partial charge in [0, 0.05) is 25.9 Å². The Balaban J connectivity index is 1.47. The van der Waals surface area contributed by atoms with E-state index >= 15 is 0 Å². The van der Waals surface area contributed by atoms with Crippen molar-refractivity contribution in [1.29, 1.82) is 5.26 Å². The number of benzene rings is 2. The Morgan fingerprint density at radius 1 is 1.07 bits per heavy atom. The topological polar surface area (TPSA) is 70.4 Å². The minimum Gasteiger partial charge on any atom is -0.486 e. The van der Waals surface area contributed by atoms with Crippen LogP contribution < -0.4 is 4.74 Å². The van der Waals surface area contributed by atoms with Crippen LogP contribution in [0.2, 0.25) is 0 Å². The molecule has 4 rings (SSSR count). The molecule has 0 aliphatic carbocycles. The first-order valence-electron chi connectivity index (χ1n) is 9.38. The minimum absolute atomic E-state index is 0.0864. The van der Waals surface area contributed by atoms with Gasteiger partial charge in [-0.05, 0) is 23.8 Å². The van der Waals surface area contributed by atoms with E-state index in [1.54, 1.807) is 17.0 Å². The van der Waals surface area contributed by atoms with Crippen molar-refractivity contribution in [2.75, 3.05) is 13.1 Å². The number of ether oxygens (including phenoxy) is 1. The van der Waals surface area contributed by atoms with Gasteiger partial charge in [-0.2, -0.15) is 5.26 Å². The van der Waals surface area contributed by atoms with Crippen LogP contribution in [0.15, 0.2) is 60.2 Å². The Morgan fingerprint density at radius 2 is 1.75 bits per heavy atom. The smallest absolute Gasteiger partial charge is 0.264 e. The predicted octanol–water partition coefficient (Wildman–Crippen LogP) is 3.62. The quantitative estimate of drug-likeness (QED) is 0.596. The van der Waals surface area contributed by atoms with Crippen molar-refractivity contribution in [3.05, 3.63) is 71.3 Å². The molecular formula is C23H20N2O3. The summed E-state index contributed by atoms with van der Waals surface area (Å²) in [5, 5.41) is 9.44. The Morgan fingerprint density at radius 3 is 2.46 bits per heavy atom. The molecule has 0 aromatic heterocycles. The molecule has 1 amide bonds. The summed E-state index contributed by atoms with van der Waals surface area (Å²) < 4.78 is 6.20. The summed E-state index contributed by atoms with van der Waals surface area (Å²) in [7, 11) is 0. The number of nitriles is 1. The molecule has 140 valence electrons. The van der Waals surface area contributed by atoms with Crippen LogP contribution in [0.4, 0.5) is 0 Å². The highest BCUT2D eigenvalue weighted by Gasteiger charge is 2.43. The number of carbonyl (C=O) groups excluding carboxylic acids is 2. The fourth-order valence-electron chi connectivity index (χ4n) is 3.87. The lowest BCUT2D eigenvalue weighted by Gasteiger charge is -2.43. The van der Waals surface area contributed by atoms with E-state index in [4.69, 9.17) is 4.74 Å². The van der Waals surface area contributed by atoms with E-state index in [1.165, 1.54) is 0 Å². The van der Waals surface area contributed by atoms with Gasteiger partial charge in [0.25, 0.3) is 5.91 Å². The summed E-state index contributed by atoms with van der Waals surface area (Å²) in [6.07, 6.45) is 3.09. The van der Waals surface area contributed by atoms with Gasteiger partial charge in [0.05, 0.1) is 12.0 Å². The van der Waals surface area contributed by atoms with Gasteiger partial charge >= 0.3 is 0 Å². The zero-order valence-corrected chi connectivity index (χ0v) is 15.4. The van der Waals surface area contributed by atoms with Crippen LogP contribution in [0.1, 0.15) is 35.2 Å². The maximum absolute atomic E-state index is 12.8. The summed E-state index contributed by atoms with van der Waals surface area (Å²) in [5.41, 5.74) is 1.01. The Labute approximate surface area is 163 Å². The second kappa shape index (κ2) is 7.32. The number of hydrogen-bond acceptors (Lipinski definition) is 4. The summed E-state index contributed by atoms with van der Waals surface area (Å²) in [6.45, 7) is 0.921. The summed E-state index contributed by atoms with van der Waals surface area (Å²) in [4.78, 5) is 27.0. The molecular weight excluding hydrogens is 352 g/mol. The maximum atomic E-state index is 12.8. The van der Waals surface area contributed by atoms with Crippen molar-refractivity contribution >= 4 is 17.8 Å². The van der Waals surface area contributed by atoms with Gasteiger partial charge < -0.3 is 9.64 Å². The van der Waals surface area contributed by atoms with Gasteiger partial charge in [-0.25, -0.2) is 0 Å². The van der Waals surface area contributed by atoms with Crippen molar-refractivity contribution < 1.29 is 14.3 Å². The van der Waals surface area contributed by atoms with Gasteiger partial charge in [-0.3, -0.25) is 9.59 Å². The summed E-state index contributed by atoms with van der Waals surface area (Å²) >= 11 is 0. The van der Waals surface area contributed by atoms with Crippen LogP contribution in [-0.2, 0) is 4.79 Å². The fraction of sp³-hybridized carbons (Fsp3) is 0.261. The van der Waals surface area contributed by atoms with E-state index in [0.29, 0.717) is 43.7 Å². The van der Waals surface area contributed by atoms with Crippen LogP contribution >= 0.6 is 0 Å². The number of carbonyl (C=O) groups is 2. The lowest BCUT2D eigenvalue weighted by Crippen LogP contribution is -2.52. The second-order valence-corrected chi connectivity index (χ2v) is 7.25. The van der Waals surface area contributed by atoms with Crippen LogP contribution in [0.25, 0.3) is 6.08 Å². The van der Waals surface area contributed by atoms with E-state index in [1.807, 2.05) is 54.6 Å². The second-order valence-electron chi connectivity index (χ2n) is 7.25.